The van der Waals surface area contributed by atoms with E-state index in [2.05, 4.69) is 10.3 Å². The van der Waals surface area contributed by atoms with Crippen molar-refractivity contribution in [3.05, 3.63) is 69.9 Å². The number of furan rings is 1. The number of benzene rings is 1. The summed E-state index contributed by atoms with van der Waals surface area (Å²) in [6.45, 7) is 1.45. The average molecular weight is 467 g/mol. The molecule has 168 valence electrons. The van der Waals surface area contributed by atoms with Gasteiger partial charge in [0, 0.05) is 23.2 Å². The Bertz CT molecular complexity index is 1330. The molecule has 0 fully saturated rings. The second-order valence-corrected chi connectivity index (χ2v) is 7.51. The van der Waals surface area contributed by atoms with E-state index in [1.165, 1.54) is 24.6 Å². The SMILES string of the molecule is CCOC(=O)c1c(-c2ccco2)csc1NC(=O)COc1ccc([N+](=O)[O-])c2cccnc12. The van der Waals surface area contributed by atoms with Crippen molar-refractivity contribution in [2.75, 3.05) is 18.5 Å². The lowest BCUT2D eigenvalue weighted by Gasteiger charge is -2.10. The largest absolute Gasteiger partial charge is 0.481 e. The summed E-state index contributed by atoms with van der Waals surface area (Å²) in [7, 11) is 0. The van der Waals surface area contributed by atoms with E-state index in [-0.39, 0.29) is 29.1 Å². The Hall–Kier alpha value is -4.25. The van der Waals surface area contributed by atoms with E-state index in [0.717, 1.165) is 11.3 Å². The Morgan fingerprint density at radius 2 is 2.09 bits per heavy atom. The molecule has 3 aromatic heterocycles. The molecule has 0 aliphatic heterocycles. The van der Waals surface area contributed by atoms with Gasteiger partial charge in [-0.15, -0.1) is 11.3 Å². The molecule has 1 N–H and O–H groups in total. The molecule has 0 bridgehead atoms. The minimum absolute atomic E-state index is 0.113. The van der Waals surface area contributed by atoms with Crippen LogP contribution < -0.4 is 10.1 Å². The number of carbonyl (C=O) groups excluding carboxylic acids is 2. The fourth-order valence-electron chi connectivity index (χ4n) is 3.18. The lowest BCUT2D eigenvalue weighted by Crippen LogP contribution is -2.21. The van der Waals surface area contributed by atoms with Crippen LogP contribution in [0, 0.1) is 10.1 Å². The van der Waals surface area contributed by atoms with Gasteiger partial charge < -0.3 is 19.2 Å². The number of esters is 1. The zero-order valence-corrected chi connectivity index (χ0v) is 18.1. The van der Waals surface area contributed by atoms with Gasteiger partial charge in [-0.2, -0.15) is 0 Å². The van der Waals surface area contributed by atoms with Crippen molar-refractivity contribution in [3.63, 3.8) is 0 Å². The molecule has 0 aliphatic carbocycles. The van der Waals surface area contributed by atoms with Crippen LogP contribution >= 0.6 is 11.3 Å². The van der Waals surface area contributed by atoms with Gasteiger partial charge in [0.1, 0.15) is 27.6 Å². The zero-order valence-electron chi connectivity index (χ0n) is 17.3. The number of non-ortho nitro benzene ring substituents is 1. The third kappa shape index (κ3) is 4.53. The fraction of sp³-hybridized carbons (Fsp3) is 0.136. The van der Waals surface area contributed by atoms with Crippen LogP contribution in [0.25, 0.3) is 22.2 Å². The topological polar surface area (TPSA) is 134 Å². The van der Waals surface area contributed by atoms with Crippen molar-refractivity contribution in [2.45, 2.75) is 6.92 Å². The summed E-state index contributed by atoms with van der Waals surface area (Å²) in [4.78, 5) is 40.0. The molecule has 1 amide bonds. The van der Waals surface area contributed by atoms with Crippen LogP contribution in [0.3, 0.4) is 0 Å². The number of carbonyl (C=O) groups is 2. The summed E-state index contributed by atoms with van der Waals surface area (Å²) in [5.41, 5.74) is 0.846. The first-order valence-electron chi connectivity index (χ1n) is 9.76. The van der Waals surface area contributed by atoms with Crippen molar-refractivity contribution in [1.82, 2.24) is 4.98 Å². The molecule has 3 heterocycles. The first-order valence-corrected chi connectivity index (χ1v) is 10.6. The van der Waals surface area contributed by atoms with Crippen molar-refractivity contribution < 1.29 is 28.4 Å². The van der Waals surface area contributed by atoms with E-state index in [1.54, 1.807) is 36.6 Å². The van der Waals surface area contributed by atoms with Crippen LogP contribution in [0.1, 0.15) is 17.3 Å². The molecule has 0 spiro atoms. The zero-order chi connectivity index (χ0) is 23.4. The van der Waals surface area contributed by atoms with Gasteiger partial charge >= 0.3 is 5.97 Å². The highest BCUT2D eigenvalue weighted by atomic mass is 32.1. The van der Waals surface area contributed by atoms with E-state index in [0.29, 0.717) is 21.7 Å². The highest BCUT2D eigenvalue weighted by Crippen LogP contribution is 2.36. The normalized spacial score (nSPS) is 10.7. The highest BCUT2D eigenvalue weighted by molar-refractivity contribution is 7.15. The quantitative estimate of drug-likeness (QED) is 0.225. The molecule has 11 heteroatoms. The summed E-state index contributed by atoms with van der Waals surface area (Å²) >= 11 is 1.15. The van der Waals surface area contributed by atoms with E-state index in [4.69, 9.17) is 13.9 Å². The van der Waals surface area contributed by atoms with Crippen LogP contribution in [0.4, 0.5) is 10.7 Å². The smallest absolute Gasteiger partial charge is 0.341 e. The number of aromatic nitrogens is 1. The minimum atomic E-state index is -0.591. The Morgan fingerprint density at radius 3 is 2.82 bits per heavy atom. The Balaban J connectivity index is 1.54. The van der Waals surface area contributed by atoms with Crippen LogP contribution in [0.15, 0.2) is 58.7 Å². The number of nitro benzene ring substituents is 1. The number of hydrogen-bond acceptors (Lipinski definition) is 9. The molecule has 1 aromatic carbocycles. The lowest BCUT2D eigenvalue weighted by molar-refractivity contribution is -0.383. The number of ether oxygens (including phenoxy) is 2. The molecule has 4 aromatic rings. The maximum absolute atomic E-state index is 12.6. The third-order valence-electron chi connectivity index (χ3n) is 4.58. The Morgan fingerprint density at radius 1 is 1.24 bits per heavy atom. The summed E-state index contributed by atoms with van der Waals surface area (Å²) in [6, 6.07) is 9.22. The average Bonchev–Trinajstić information content (AvgIpc) is 3.47. The van der Waals surface area contributed by atoms with Crippen molar-refractivity contribution in [3.8, 4) is 17.1 Å². The monoisotopic (exact) mass is 467 g/mol. The Kier molecular flexibility index (Phi) is 6.31. The van der Waals surface area contributed by atoms with Gasteiger partial charge in [0.2, 0.25) is 0 Å². The number of rotatable bonds is 8. The van der Waals surface area contributed by atoms with E-state index in [9.17, 15) is 19.7 Å². The maximum Gasteiger partial charge on any atom is 0.341 e. The second-order valence-electron chi connectivity index (χ2n) is 6.63. The number of thiophene rings is 1. The molecular formula is C22H17N3O7S. The number of nitrogens with zero attached hydrogens (tertiary/aromatic N) is 2. The summed E-state index contributed by atoms with van der Waals surface area (Å²) in [5, 5.41) is 16.2. The number of hydrogen-bond donors (Lipinski definition) is 1. The number of nitrogens with one attached hydrogen (secondary N) is 1. The van der Waals surface area contributed by atoms with Crippen LogP contribution in [0.2, 0.25) is 0 Å². The van der Waals surface area contributed by atoms with Crippen molar-refractivity contribution in [2.24, 2.45) is 0 Å². The van der Waals surface area contributed by atoms with Crippen LogP contribution in [0.5, 0.6) is 5.75 Å². The number of nitro groups is 1. The molecule has 0 saturated carbocycles. The summed E-state index contributed by atoms with van der Waals surface area (Å²) in [5.74, 6) is -0.434. The van der Waals surface area contributed by atoms with Crippen LogP contribution in [-0.4, -0.2) is 35.0 Å². The molecule has 0 radical (unpaired) electrons. The van der Waals surface area contributed by atoms with Crippen molar-refractivity contribution in [1.29, 1.82) is 0 Å². The van der Waals surface area contributed by atoms with Crippen molar-refractivity contribution >= 4 is 44.8 Å². The molecular weight excluding hydrogens is 450 g/mol. The van der Waals surface area contributed by atoms with Gasteiger partial charge in [0.05, 0.1) is 23.2 Å². The summed E-state index contributed by atoms with van der Waals surface area (Å²) in [6.07, 6.45) is 2.96. The van der Waals surface area contributed by atoms with Gasteiger partial charge in [0.15, 0.2) is 6.61 Å². The van der Waals surface area contributed by atoms with Gasteiger partial charge in [0.25, 0.3) is 11.6 Å². The second kappa shape index (κ2) is 9.49. The number of pyridine rings is 1. The molecule has 0 unspecified atom stereocenters. The van der Waals surface area contributed by atoms with E-state index >= 15 is 0 Å². The molecule has 0 aliphatic rings. The summed E-state index contributed by atoms with van der Waals surface area (Å²) < 4.78 is 16.1. The number of fused-ring (bicyclic) bond motifs is 1. The molecule has 0 saturated heterocycles. The maximum atomic E-state index is 12.6. The molecule has 33 heavy (non-hydrogen) atoms. The fourth-order valence-corrected chi connectivity index (χ4v) is 4.14. The minimum Gasteiger partial charge on any atom is -0.481 e. The van der Waals surface area contributed by atoms with E-state index < -0.39 is 23.4 Å². The van der Waals surface area contributed by atoms with Gasteiger partial charge in [-0.25, -0.2) is 4.79 Å². The predicted octanol–water partition coefficient (Wildman–Crippen LogP) is 4.66. The number of amides is 1. The van der Waals surface area contributed by atoms with Gasteiger partial charge in [-0.1, -0.05) is 0 Å². The third-order valence-corrected chi connectivity index (χ3v) is 5.47. The van der Waals surface area contributed by atoms with Gasteiger partial charge in [-0.3, -0.25) is 19.9 Å². The first kappa shape index (κ1) is 22.0. The van der Waals surface area contributed by atoms with Gasteiger partial charge in [-0.05, 0) is 37.3 Å². The molecule has 10 nitrogen and oxygen atoms in total. The molecule has 0 atom stereocenters. The lowest BCUT2D eigenvalue weighted by atomic mass is 10.1. The molecule has 4 rings (SSSR count). The number of anilines is 1. The highest BCUT2D eigenvalue weighted by Gasteiger charge is 2.24. The Labute approximate surface area is 190 Å². The van der Waals surface area contributed by atoms with Crippen LogP contribution in [-0.2, 0) is 9.53 Å². The van der Waals surface area contributed by atoms with E-state index in [1.807, 2.05) is 0 Å². The predicted molar refractivity (Wildman–Crippen MR) is 120 cm³/mol. The first-order chi connectivity index (χ1) is 16.0. The standard InChI is InChI=1S/C22H17N3O7S/c1-2-30-22(27)19-14(16-6-4-10-31-16)12-33-21(19)24-18(26)11-32-17-8-7-15(25(28)29)13-5-3-9-23-20(13)17/h3-10,12H,2,11H2,1H3,(H,24,26).